The number of aromatic amines is 1. The average molecular weight is 290 g/mol. The van der Waals surface area contributed by atoms with Gasteiger partial charge in [0.2, 0.25) is 5.89 Å². The van der Waals surface area contributed by atoms with Crippen molar-refractivity contribution in [3.05, 3.63) is 34.7 Å². The van der Waals surface area contributed by atoms with Crippen LogP contribution in [-0.2, 0) is 6.54 Å². The summed E-state index contributed by atoms with van der Waals surface area (Å²) in [5, 5.41) is 3.90. The monoisotopic (exact) mass is 290 g/mol. The largest absolute Gasteiger partial charge is 0.492 e. The molecule has 1 N–H and O–H groups in total. The van der Waals surface area contributed by atoms with E-state index in [0.717, 1.165) is 16.8 Å². The van der Waals surface area contributed by atoms with E-state index in [2.05, 4.69) is 15.1 Å². The van der Waals surface area contributed by atoms with Gasteiger partial charge in [-0.15, -0.1) is 0 Å². The number of aromatic nitrogens is 4. The van der Waals surface area contributed by atoms with Gasteiger partial charge < -0.3 is 18.8 Å². The zero-order valence-corrected chi connectivity index (χ0v) is 12.0. The standard InChI is InChI=1S/C13H14N4O2S/c1-3-18-10-6-4-5-9-12(10)15-13(20)17(9)7-11-14-8(2)19-16-11/h4-6H,3,7H2,1-2H3,(H,15,20). The van der Waals surface area contributed by atoms with Gasteiger partial charge in [0.05, 0.1) is 18.7 Å². The van der Waals surface area contributed by atoms with Crippen LogP contribution < -0.4 is 4.74 Å². The third-order valence-electron chi connectivity index (χ3n) is 2.94. The second-order valence-electron chi connectivity index (χ2n) is 4.33. The summed E-state index contributed by atoms with van der Waals surface area (Å²) in [6.07, 6.45) is 0. The highest BCUT2D eigenvalue weighted by Crippen LogP contribution is 2.25. The zero-order valence-electron chi connectivity index (χ0n) is 11.2. The molecule has 7 heteroatoms. The Balaban J connectivity index is 2.09. The molecular weight excluding hydrogens is 276 g/mol. The molecule has 20 heavy (non-hydrogen) atoms. The summed E-state index contributed by atoms with van der Waals surface area (Å²) in [7, 11) is 0. The van der Waals surface area contributed by atoms with Crippen molar-refractivity contribution < 1.29 is 9.26 Å². The van der Waals surface area contributed by atoms with Gasteiger partial charge in [-0.2, -0.15) is 4.98 Å². The number of H-pyrrole nitrogens is 1. The minimum absolute atomic E-state index is 0.464. The second kappa shape index (κ2) is 5.09. The van der Waals surface area contributed by atoms with Crippen LogP contribution in [0.4, 0.5) is 0 Å². The molecule has 3 rings (SSSR count). The number of fused-ring (bicyclic) bond motifs is 1. The molecule has 6 nitrogen and oxygen atoms in total. The Morgan fingerprint density at radius 3 is 3.00 bits per heavy atom. The van der Waals surface area contributed by atoms with Gasteiger partial charge in [0, 0.05) is 6.92 Å². The van der Waals surface area contributed by atoms with Crippen LogP contribution in [0.15, 0.2) is 22.7 Å². The van der Waals surface area contributed by atoms with E-state index < -0.39 is 0 Å². The van der Waals surface area contributed by atoms with Crippen molar-refractivity contribution in [2.24, 2.45) is 0 Å². The maximum absolute atomic E-state index is 5.60. The van der Waals surface area contributed by atoms with Crippen molar-refractivity contribution in [2.75, 3.05) is 6.61 Å². The van der Waals surface area contributed by atoms with Crippen LogP contribution in [0, 0.1) is 11.7 Å². The minimum atomic E-state index is 0.464. The fraction of sp³-hybridized carbons (Fsp3) is 0.308. The summed E-state index contributed by atoms with van der Waals surface area (Å²) in [6, 6.07) is 5.84. The minimum Gasteiger partial charge on any atom is -0.492 e. The molecule has 104 valence electrons. The number of nitrogens with zero attached hydrogens (tertiary/aromatic N) is 3. The Hall–Kier alpha value is -2.15. The number of benzene rings is 1. The first-order chi connectivity index (χ1) is 9.69. The smallest absolute Gasteiger partial charge is 0.223 e. The van der Waals surface area contributed by atoms with Crippen molar-refractivity contribution in [3.8, 4) is 5.75 Å². The van der Waals surface area contributed by atoms with Crippen LogP contribution in [0.2, 0.25) is 0 Å². The van der Waals surface area contributed by atoms with E-state index in [9.17, 15) is 0 Å². The van der Waals surface area contributed by atoms with Gasteiger partial charge >= 0.3 is 0 Å². The number of para-hydroxylation sites is 1. The van der Waals surface area contributed by atoms with E-state index in [1.54, 1.807) is 6.92 Å². The highest BCUT2D eigenvalue weighted by atomic mass is 32.1. The topological polar surface area (TPSA) is 68.9 Å². The zero-order chi connectivity index (χ0) is 14.1. The van der Waals surface area contributed by atoms with Gasteiger partial charge in [-0.05, 0) is 31.3 Å². The molecule has 0 saturated carbocycles. The molecule has 0 aliphatic rings. The summed E-state index contributed by atoms with van der Waals surface area (Å²) >= 11 is 5.37. The molecule has 0 saturated heterocycles. The van der Waals surface area contributed by atoms with E-state index in [4.69, 9.17) is 21.5 Å². The molecule has 0 unspecified atom stereocenters. The predicted octanol–water partition coefficient (Wildman–Crippen LogP) is 2.84. The maximum Gasteiger partial charge on any atom is 0.223 e. The van der Waals surface area contributed by atoms with Crippen LogP contribution in [0.3, 0.4) is 0 Å². The molecule has 0 amide bonds. The van der Waals surface area contributed by atoms with Crippen LogP contribution in [0.1, 0.15) is 18.6 Å². The van der Waals surface area contributed by atoms with Crippen molar-refractivity contribution in [3.63, 3.8) is 0 Å². The van der Waals surface area contributed by atoms with Crippen molar-refractivity contribution in [1.82, 2.24) is 19.7 Å². The average Bonchev–Trinajstić information content (AvgIpc) is 2.97. The SMILES string of the molecule is CCOc1cccc2c1[nH]c(=S)n2Cc1noc(C)n1. The maximum atomic E-state index is 5.60. The first-order valence-electron chi connectivity index (χ1n) is 6.32. The van der Waals surface area contributed by atoms with Crippen molar-refractivity contribution in [1.29, 1.82) is 0 Å². The number of hydrogen-bond acceptors (Lipinski definition) is 5. The molecule has 0 bridgehead atoms. The van der Waals surface area contributed by atoms with Crippen LogP contribution in [0.5, 0.6) is 5.75 Å². The summed E-state index contributed by atoms with van der Waals surface area (Å²) in [6.45, 7) is 4.78. The van der Waals surface area contributed by atoms with Crippen molar-refractivity contribution in [2.45, 2.75) is 20.4 Å². The summed E-state index contributed by atoms with van der Waals surface area (Å²) < 4.78 is 13.1. The van der Waals surface area contributed by atoms with Gasteiger partial charge in [-0.25, -0.2) is 0 Å². The lowest BCUT2D eigenvalue weighted by molar-refractivity contribution is 0.343. The Bertz CT molecular complexity index is 802. The normalized spacial score (nSPS) is 11.1. The Labute approximate surface area is 120 Å². The van der Waals surface area contributed by atoms with Gasteiger partial charge in [-0.1, -0.05) is 11.2 Å². The van der Waals surface area contributed by atoms with E-state index >= 15 is 0 Å². The van der Waals surface area contributed by atoms with Crippen LogP contribution in [-0.4, -0.2) is 26.3 Å². The fourth-order valence-electron chi connectivity index (χ4n) is 2.13. The lowest BCUT2D eigenvalue weighted by Crippen LogP contribution is -2.01. The van der Waals surface area contributed by atoms with E-state index in [1.165, 1.54) is 0 Å². The molecule has 0 spiro atoms. The van der Waals surface area contributed by atoms with Gasteiger partial charge in [-0.3, -0.25) is 0 Å². The molecule has 3 aromatic rings. The predicted molar refractivity (Wildman–Crippen MR) is 76.4 cm³/mol. The van der Waals surface area contributed by atoms with Crippen LogP contribution in [0.25, 0.3) is 11.0 Å². The Kier molecular flexibility index (Phi) is 3.27. The third-order valence-corrected chi connectivity index (χ3v) is 3.26. The number of hydrogen-bond donors (Lipinski definition) is 1. The Morgan fingerprint density at radius 1 is 1.45 bits per heavy atom. The number of rotatable bonds is 4. The summed E-state index contributed by atoms with van der Waals surface area (Å²) in [4.78, 5) is 7.38. The molecule has 0 aliphatic heterocycles. The Morgan fingerprint density at radius 2 is 2.30 bits per heavy atom. The number of nitrogens with one attached hydrogen (secondary N) is 1. The summed E-state index contributed by atoms with van der Waals surface area (Å²) in [5.74, 6) is 1.93. The highest BCUT2D eigenvalue weighted by Gasteiger charge is 2.11. The first-order valence-corrected chi connectivity index (χ1v) is 6.73. The molecule has 0 atom stereocenters. The molecule has 2 aromatic heterocycles. The number of aryl methyl sites for hydroxylation is 1. The van der Waals surface area contributed by atoms with Gasteiger partial charge in [0.1, 0.15) is 11.3 Å². The molecule has 0 radical (unpaired) electrons. The quantitative estimate of drug-likeness (QED) is 0.748. The van der Waals surface area contributed by atoms with Gasteiger partial charge in [0.15, 0.2) is 10.6 Å². The molecule has 1 aromatic carbocycles. The third kappa shape index (κ3) is 2.20. The summed E-state index contributed by atoms with van der Waals surface area (Å²) in [5.41, 5.74) is 1.85. The fourth-order valence-corrected chi connectivity index (χ4v) is 2.40. The number of ether oxygens (including phenoxy) is 1. The lowest BCUT2D eigenvalue weighted by Gasteiger charge is -2.04. The number of imidazole rings is 1. The van der Waals surface area contributed by atoms with E-state index in [1.807, 2.05) is 29.7 Å². The second-order valence-corrected chi connectivity index (χ2v) is 4.72. The van der Waals surface area contributed by atoms with Crippen molar-refractivity contribution >= 4 is 23.3 Å². The first kappa shape index (κ1) is 12.9. The van der Waals surface area contributed by atoms with Crippen LogP contribution >= 0.6 is 12.2 Å². The molecule has 0 fully saturated rings. The van der Waals surface area contributed by atoms with Gasteiger partial charge in [0.25, 0.3) is 0 Å². The molecular formula is C13H14N4O2S. The highest BCUT2D eigenvalue weighted by molar-refractivity contribution is 7.71. The molecule has 2 heterocycles. The molecule has 0 aliphatic carbocycles. The lowest BCUT2D eigenvalue weighted by atomic mass is 10.3. The van der Waals surface area contributed by atoms with E-state index in [-0.39, 0.29) is 0 Å². The van der Waals surface area contributed by atoms with E-state index in [0.29, 0.717) is 29.6 Å².